The second kappa shape index (κ2) is 6.80. The van der Waals surface area contributed by atoms with Crippen molar-refractivity contribution in [3.05, 3.63) is 45.3 Å². The highest BCUT2D eigenvalue weighted by molar-refractivity contribution is 7.18. The number of hydrogen-bond acceptors (Lipinski definition) is 4. The van der Waals surface area contributed by atoms with Crippen molar-refractivity contribution in [3.8, 4) is 5.75 Å². The Morgan fingerprint density at radius 1 is 1.24 bits per heavy atom. The Balaban J connectivity index is 1.91. The van der Waals surface area contributed by atoms with Gasteiger partial charge in [-0.15, -0.1) is 11.3 Å². The maximum atomic E-state index is 11.7. The van der Waals surface area contributed by atoms with Crippen molar-refractivity contribution in [2.75, 3.05) is 11.9 Å². The monoisotopic (exact) mass is 345 g/mol. The molecule has 2 N–H and O–H groups in total. The van der Waals surface area contributed by atoms with Crippen LogP contribution in [0.4, 0.5) is 5.00 Å². The number of aromatic carboxylic acids is 1. The minimum absolute atomic E-state index is 0.145. The fraction of sp³-hybridized carbons (Fsp3) is 0.0769. The Morgan fingerprint density at radius 3 is 2.62 bits per heavy atom. The van der Waals surface area contributed by atoms with Gasteiger partial charge >= 0.3 is 5.97 Å². The standard InChI is InChI=1S/C13H9Cl2NO4S/c14-7-1-2-9(8(15)5-7)20-6-11(17)16-12-4-3-10(21-12)13(18)19/h1-5H,6H2,(H,16,17)(H,18,19). The number of ether oxygens (including phenoxy) is 1. The lowest BCUT2D eigenvalue weighted by molar-refractivity contribution is -0.118. The van der Waals surface area contributed by atoms with Crippen molar-refractivity contribution in [1.29, 1.82) is 0 Å². The van der Waals surface area contributed by atoms with Crippen molar-refractivity contribution in [2.24, 2.45) is 0 Å². The summed E-state index contributed by atoms with van der Waals surface area (Å²) in [7, 11) is 0. The summed E-state index contributed by atoms with van der Waals surface area (Å²) in [6.45, 7) is -0.248. The van der Waals surface area contributed by atoms with E-state index in [1.54, 1.807) is 12.1 Å². The molecular formula is C13H9Cl2NO4S. The van der Waals surface area contributed by atoms with E-state index < -0.39 is 11.9 Å². The van der Waals surface area contributed by atoms with Crippen LogP contribution in [0.2, 0.25) is 10.0 Å². The molecule has 0 aliphatic carbocycles. The molecule has 1 heterocycles. The van der Waals surface area contributed by atoms with E-state index in [2.05, 4.69) is 5.32 Å². The van der Waals surface area contributed by atoms with E-state index in [9.17, 15) is 9.59 Å². The number of nitrogens with one attached hydrogen (secondary N) is 1. The van der Waals surface area contributed by atoms with Gasteiger partial charge in [-0.1, -0.05) is 23.2 Å². The summed E-state index contributed by atoms with van der Waals surface area (Å²) in [6.07, 6.45) is 0. The van der Waals surface area contributed by atoms with Crippen LogP contribution in [-0.2, 0) is 4.79 Å². The van der Waals surface area contributed by atoms with E-state index in [0.29, 0.717) is 20.8 Å². The van der Waals surface area contributed by atoms with Crippen molar-refractivity contribution in [1.82, 2.24) is 0 Å². The zero-order valence-corrected chi connectivity index (χ0v) is 12.8. The SMILES string of the molecule is O=C(COc1ccc(Cl)cc1Cl)Nc1ccc(C(=O)O)s1. The number of carbonyl (C=O) groups excluding carboxylic acids is 1. The van der Waals surface area contributed by atoms with Gasteiger partial charge in [-0.3, -0.25) is 4.79 Å². The molecular weight excluding hydrogens is 337 g/mol. The molecule has 2 rings (SSSR count). The second-order valence-electron chi connectivity index (χ2n) is 3.88. The molecule has 1 aromatic carbocycles. The summed E-state index contributed by atoms with van der Waals surface area (Å²) in [5.74, 6) is -1.11. The van der Waals surface area contributed by atoms with E-state index in [0.717, 1.165) is 11.3 Å². The molecule has 110 valence electrons. The topological polar surface area (TPSA) is 75.6 Å². The summed E-state index contributed by atoms with van der Waals surface area (Å²) in [5, 5.41) is 12.5. The summed E-state index contributed by atoms with van der Waals surface area (Å²) in [5.41, 5.74) is 0. The van der Waals surface area contributed by atoms with Gasteiger partial charge in [-0.25, -0.2) is 4.79 Å². The third-order valence-electron chi connectivity index (χ3n) is 2.33. The van der Waals surface area contributed by atoms with Crippen LogP contribution in [0.15, 0.2) is 30.3 Å². The third kappa shape index (κ3) is 4.35. The van der Waals surface area contributed by atoms with Gasteiger partial charge in [0.25, 0.3) is 5.91 Å². The van der Waals surface area contributed by atoms with Gasteiger partial charge in [0.2, 0.25) is 0 Å². The highest BCUT2D eigenvalue weighted by Crippen LogP contribution is 2.27. The molecule has 21 heavy (non-hydrogen) atoms. The third-order valence-corrected chi connectivity index (χ3v) is 3.85. The Hall–Kier alpha value is -1.76. The molecule has 0 saturated carbocycles. The number of halogens is 2. The fourth-order valence-corrected chi connectivity index (χ4v) is 2.65. The molecule has 2 aromatic rings. The summed E-state index contributed by atoms with van der Waals surface area (Å²) < 4.78 is 5.27. The molecule has 0 bridgehead atoms. The van der Waals surface area contributed by atoms with E-state index >= 15 is 0 Å². The number of hydrogen-bond donors (Lipinski definition) is 2. The molecule has 0 aliphatic heterocycles. The highest BCUT2D eigenvalue weighted by atomic mass is 35.5. The Bertz CT molecular complexity index is 687. The first kappa shape index (κ1) is 15.6. The van der Waals surface area contributed by atoms with Crippen molar-refractivity contribution < 1.29 is 19.4 Å². The highest BCUT2D eigenvalue weighted by Gasteiger charge is 2.10. The van der Waals surface area contributed by atoms with Gasteiger partial charge in [0.1, 0.15) is 10.6 Å². The quantitative estimate of drug-likeness (QED) is 0.864. The van der Waals surface area contributed by atoms with Gasteiger partial charge in [0.05, 0.1) is 10.0 Å². The zero-order valence-electron chi connectivity index (χ0n) is 10.4. The number of rotatable bonds is 5. The average Bonchev–Trinajstić information content (AvgIpc) is 2.86. The number of carboxylic acid groups (broad SMARTS) is 1. The number of amides is 1. The number of thiophene rings is 1. The van der Waals surface area contributed by atoms with Gasteiger partial charge in [-0.2, -0.15) is 0 Å². The lowest BCUT2D eigenvalue weighted by atomic mass is 10.3. The number of anilines is 1. The van der Waals surface area contributed by atoms with Crippen LogP contribution in [0.3, 0.4) is 0 Å². The molecule has 0 radical (unpaired) electrons. The first-order valence-electron chi connectivity index (χ1n) is 5.66. The Kier molecular flexibility index (Phi) is 5.06. The summed E-state index contributed by atoms with van der Waals surface area (Å²) >= 11 is 12.6. The normalized spacial score (nSPS) is 10.2. The summed E-state index contributed by atoms with van der Waals surface area (Å²) in [6, 6.07) is 7.60. The van der Waals surface area contributed by atoms with Crippen molar-refractivity contribution in [3.63, 3.8) is 0 Å². The van der Waals surface area contributed by atoms with E-state index in [4.69, 9.17) is 33.0 Å². The minimum atomic E-state index is -1.04. The lowest BCUT2D eigenvalue weighted by Gasteiger charge is -2.07. The van der Waals surface area contributed by atoms with Gasteiger partial charge in [0.15, 0.2) is 6.61 Å². The first-order chi connectivity index (χ1) is 9.95. The maximum absolute atomic E-state index is 11.7. The Labute approximate surface area is 134 Å². The number of carbonyl (C=O) groups is 2. The predicted molar refractivity (Wildman–Crippen MR) is 81.9 cm³/mol. The van der Waals surface area contributed by atoms with E-state index in [1.165, 1.54) is 18.2 Å². The van der Waals surface area contributed by atoms with Gasteiger partial charge in [0, 0.05) is 5.02 Å². The summed E-state index contributed by atoms with van der Waals surface area (Å²) in [4.78, 5) is 22.6. The Morgan fingerprint density at radius 2 is 2.00 bits per heavy atom. The van der Waals surface area contributed by atoms with Crippen LogP contribution < -0.4 is 10.1 Å². The van der Waals surface area contributed by atoms with Crippen molar-refractivity contribution >= 4 is 51.4 Å². The first-order valence-corrected chi connectivity index (χ1v) is 7.24. The molecule has 0 fully saturated rings. The van der Waals surface area contributed by atoms with Crippen LogP contribution in [0.5, 0.6) is 5.75 Å². The average molecular weight is 346 g/mol. The molecule has 0 aliphatic rings. The number of carboxylic acids is 1. The molecule has 1 amide bonds. The largest absolute Gasteiger partial charge is 0.482 e. The lowest BCUT2D eigenvalue weighted by Crippen LogP contribution is -2.19. The van der Waals surface area contributed by atoms with Crippen LogP contribution in [0.1, 0.15) is 9.67 Å². The molecule has 0 spiro atoms. The molecule has 1 aromatic heterocycles. The predicted octanol–water partition coefficient (Wildman–Crippen LogP) is 3.77. The van der Waals surface area contributed by atoms with Crippen LogP contribution in [0, 0.1) is 0 Å². The van der Waals surface area contributed by atoms with E-state index in [-0.39, 0.29) is 11.5 Å². The fourth-order valence-electron chi connectivity index (χ4n) is 1.43. The van der Waals surface area contributed by atoms with E-state index in [1.807, 2.05) is 0 Å². The second-order valence-corrected chi connectivity index (χ2v) is 5.81. The molecule has 0 atom stereocenters. The number of benzene rings is 1. The maximum Gasteiger partial charge on any atom is 0.345 e. The van der Waals surface area contributed by atoms with Crippen molar-refractivity contribution in [2.45, 2.75) is 0 Å². The van der Waals surface area contributed by atoms with Gasteiger partial charge < -0.3 is 15.2 Å². The molecule has 5 nitrogen and oxygen atoms in total. The van der Waals surface area contributed by atoms with Crippen LogP contribution in [0.25, 0.3) is 0 Å². The minimum Gasteiger partial charge on any atom is -0.482 e. The smallest absolute Gasteiger partial charge is 0.345 e. The molecule has 8 heteroatoms. The van der Waals surface area contributed by atoms with Crippen LogP contribution >= 0.6 is 34.5 Å². The van der Waals surface area contributed by atoms with Crippen LogP contribution in [-0.4, -0.2) is 23.6 Å². The molecule has 0 unspecified atom stereocenters. The zero-order chi connectivity index (χ0) is 15.4. The molecule has 0 saturated heterocycles. The van der Waals surface area contributed by atoms with Gasteiger partial charge in [-0.05, 0) is 30.3 Å².